The zero-order valence-corrected chi connectivity index (χ0v) is 3.37. The Morgan fingerprint density at radius 1 is 1.25 bits per heavy atom. The quantitative estimate of drug-likeness (QED) is 0.334. The minimum atomic E-state index is 0. The molecule has 1 nitrogen and oxygen atoms in total. The van der Waals surface area contributed by atoms with Crippen LogP contribution in [0.25, 0.3) is 0 Å². The molecule has 0 rings (SSSR count). The first-order valence-corrected chi connectivity index (χ1v) is 0.612. The van der Waals surface area contributed by atoms with E-state index in [9.17, 15) is 0 Å². The molecule has 4 heteroatoms. The van der Waals surface area contributed by atoms with E-state index in [1.54, 1.807) is 9.12 Å². The van der Waals surface area contributed by atoms with Gasteiger partial charge in [0.25, 0.3) is 0 Å². The van der Waals surface area contributed by atoms with E-state index >= 15 is 0 Å². The van der Waals surface area contributed by atoms with Gasteiger partial charge in [0.05, 0.1) is 0 Å². The van der Waals surface area contributed by atoms with Crippen LogP contribution in [0.3, 0.4) is 0 Å². The molecule has 0 aromatic rings. The van der Waals surface area contributed by atoms with Crippen molar-refractivity contribution in [2.45, 2.75) is 0 Å². The van der Waals surface area contributed by atoms with E-state index in [-0.39, 0.29) is 54.8 Å². The summed E-state index contributed by atoms with van der Waals surface area (Å²) in [6, 6.07) is 0. The first-order chi connectivity index (χ1) is 1.00. The first-order valence-electron chi connectivity index (χ1n) is 0.204. The topological polar surface area (TPSA) is 17.1 Å². The average molecular weight is 146 g/mol. The van der Waals surface area contributed by atoms with Crippen LogP contribution in [0.2, 0.25) is 0 Å². The fourth-order valence-corrected chi connectivity index (χ4v) is 0. The van der Waals surface area contributed by atoms with Crippen LogP contribution in [0.5, 0.6) is 0 Å². The molecule has 0 aliphatic rings. The van der Waals surface area contributed by atoms with E-state index in [4.69, 9.17) is 4.57 Å². The van der Waals surface area contributed by atoms with Crippen LogP contribution < -0.4 is 0 Å². The van der Waals surface area contributed by atoms with Gasteiger partial charge in [-0.2, -0.15) is 0 Å². The van der Waals surface area contributed by atoms with Crippen molar-refractivity contribution in [3.63, 3.8) is 0 Å². The molecule has 0 unspecified atom stereocenters. The van der Waals surface area contributed by atoms with E-state index in [1.165, 1.54) is 0 Å². The SMILES string of the molecule is O=P.[CaH2].[Fe]. The van der Waals surface area contributed by atoms with Gasteiger partial charge < -0.3 is 0 Å². The summed E-state index contributed by atoms with van der Waals surface area (Å²) in [6.45, 7) is 0. The molecule has 0 spiro atoms. The summed E-state index contributed by atoms with van der Waals surface area (Å²) in [7, 11) is 1.72. The fraction of sp³-hybridized carbons (Fsp3) is 0. The molecular weight excluding hydrogens is 143 g/mol. The Hall–Kier alpha value is 1.88. The van der Waals surface area contributed by atoms with Crippen molar-refractivity contribution in [2.24, 2.45) is 0 Å². The molecule has 0 fully saturated rings. The molecular formula is H3CaFeOP. The molecule has 0 N–H and O–H groups in total. The maximum absolute atomic E-state index is 8.06. The summed E-state index contributed by atoms with van der Waals surface area (Å²) >= 11 is 0. The Kier molecular flexibility index (Phi) is 87.8. The Bertz CT molecular complexity index is 8.00. The molecule has 0 saturated carbocycles. The van der Waals surface area contributed by atoms with Crippen LogP contribution in [0.4, 0.5) is 0 Å². The van der Waals surface area contributed by atoms with Gasteiger partial charge in [-0.25, -0.2) is 0 Å². The van der Waals surface area contributed by atoms with E-state index in [0.717, 1.165) is 0 Å². The Morgan fingerprint density at radius 3 is 1.25 bits per heavy atom. The molecule has 0 radical (unpaired) electrons. The van der Waals surface area contributed by atoms with Gasteiger partial charge in [0, 0.05) is 17.1 Å². The predicted molar refractivity (Wildman–Crippen MR) is 17.5 cm³/mol. The summed E-state index contributed by atoms with van der Waals surface area (Å²) in [4.78, 5) is 0. The third-order valence-corrected chi connectivity index (χ3v) is 0. The molecule has 0 aromatic heterocycles. The maximum atomic E-state index is 8.06. The van der Waals surface area contributed by atoms with Crippen molar-refractivity contribution in [2.75, 3.05) is 0 Å². The fourth-order valence-electron chi connectivity index (χ4n) is 0. The monoisotopic (exact) mass is 146 g/mol. The molecule has 4 heavy (non-hydrogen) atoms. The van der Waals surface area contributed by atoms with E-state index < -0.39 is 0 Å². The Balaban J connectivity index is -0.00000000500. The average Bonchev–Trinajstić information content (AvgIpc) is 1.00. The number of hydrogen-bond donors (Lipinski definition) is 0. The van der Waals surface area contributed by atoms with Crippen molar-refractivity contribution in [3.8, 4) is 0 Å². The second-order valence-corrected chi connectivity index (χ2v) is 0. The van der Waals surface area contributed by atoms with Crippen LogP contribution in [0.15, 0.2) is 0 Å². The molecule has 0 heterocycles. The molecule has 0 aromatic carbocycles. The standard InChI is InChI=1S/Ca.Fe.HOP.2H/c;;1-2;;/h;;2H;;. The zero-order valence-electron chi connectivity index (χ0n) is 1.26. The van der Waals surface area contributed by atoms with Gasteiger partial charge in [0.1, 0.15) is 9.12 Å². The van der Waals surface area contributed by atoms with Crippen molar-refractivity contribution in [1.29, 1.82) is 0 Å². The maximum Gasteiger partial charge on any atom is 0 e. The summed E-state index contributed by atoms with van der Waals surface area (Å²) in [6.07, 6.45) is 0. The van der Waals surface area contributed by atoms with Gasteiger partial charge >= 0.3 is 37.7 Å². The normalized spacial score (nSPS) is 1.00. The van der Waals surface area contributed by atoms with E-state index in [2.05, 4.69) is 0 Å². The van der Waals surface area contributed by atoms with Gasteiger partial charge in [0.2, 0.25) is 0 Å². The van der Waals surface area contributed by atoms with Crippen LogP contribution >= 0.6 is 9.12 Å². The van der Waals surface area contributed by atoms with Crippen molar-refractivity contribution in [1.82, 2.24) is 0 Å². The largest absolute Gasteiger partial charge is 0 e. The van der Waals surface area contributed by atoms with Gasteiger partial charge in [-0.05, 0) is 0 Å². The number of rotatable bonds is 0. The Labute approximate surface area is 67.6 Å². The molecule has 0 atom stereocenters. The van der Waals surface area contributed by atoms with Gasteiger partial charge in [0.15, 0.2) is 0 Å². The van der Waals surface area contributed by atoms with E-state index in [0.29, 0.717) is 0 Å². The number of hydrogen-bond acceptors (Lipinski definition) is 1. The van der Waals surface area contributed by atoms with E-state index in [1.807, 2.05) is 0 Å². The smallest absolute Gasteiger partial charge is 0 e. The van der Waals surface area contributed by atoms with Gasteiger partial charge in [-0.1, -0.05) is 0 Å². The third kappa shape index (κ3) is 9.11. The summed E-state index contributed by atoms with van der Waals surface area (Å²) in [5.74, 6) is 0. The van der Waals surface area contributed by atoms with Crippen LogP contribution in [-0.2, 0) is 21.6 Å². The second kappa shape index (κ2) is 20.8. The van der Waals surface area contributed by atoms with Gasteiger partial charge in [-0.15, -0.1) is 0 Å². The summed E-state index contributed by atoms with van der Waals surface area (Å²) < 4.78 is 8.06. The predicted octanol–water partition coefficient (Wildman–Crippen LogP) is -0.444. The second-order valence-electron chi connectivity index (χ2n) is 0. The first kappa shape index (κ1) is 16.9. The van der Waals surface area contributed by atoms with Crippen LogP contribution in [0, 0.1) is 0 Å². The third-order valence-electron chi connectivity index (χ3n) is 0. The Morgan fingerprint density at radius 2 is 1.25 bits per heavy atom. The van der Waals surface area contributed by atoms with Crippen molar-refractivity contribution < 1.29 is 21.6 Å². The molecule has 0 aliphatic carbocycles. The minimum absolute atomic E-state index is 0. The van der Waals surface area contributed by atoms with Gasteiger partial charge in [-0.3, -0.25) is 4.57 Å². The van der Waals surface area contributed by atoms with Crippen molar-refractivity contribution >= 4 is 46.9 Å². The van der Waals surface area contributed by atoms with Crippen molar-refractivity contribution in [3.05, 3.63) is 0 Å². The minimum Gasteiger partial charge on any atom is 0 e. The summed E-state index contributed by atoms with van der Waals surface area (Å²) in [5, 5.41) is 0. The zero-order chi connectivity index (χ0) is 2.00. The summed E-state index contributed by atoms with van der Waals surface area (Å²) in [5.41, 5.74) is 0. The molecule has 0 bridgehead atoms. The van der Waals surface area contributed by atoms with Crippen LogP contribution in [-0.4, -0.2) is 37.7 Å². The molecule has 0 saturated heterocycles. The molecule has 0 aliphatic heterocycles. The molecule has 24 valence electrons. The molecule has 0 amide bonds. The van der Waals surface area contributed by atoms with Crippen LogP contribution in [0.1, 0.15) is 0 Å².